The lowest BCUT2D eigenvalue weighted by molar-refractivity contribution is -0.136. The maximum atomic E-state index is 13.3. The van der Waals surface area contributed by atoms with Crippen molar-refractivity contribution in [3.63, 3.8) is 0 Å². The van der Waals surface area contributed by atoms with Crippen molar-refractivity contribution >= 4 is 57.4 Å². The number of nitrogens with two attached hydrogens (primary N) is 1. The zero-order valence-electron chi connectivity index (χ0n) is 33.5. The monoisotopic (exact) mass is 800 g/mol. The second-order valence-corrected chi connectivity index (χ2v) is 17.2. The minimum atomic E-state index is -0.670. The summed E-state index contributed by atoms with van der Waals surface area (Å²) in [6.07, 6.45) is 8.89. The van der Waals surface area contributed by atoms with E-state index in [1.807, 2.05) is 42.3 Å². The number of pyridine rings is 1. The second kappa shape index (κ2) is 16.1. The van der Waals surface area contributed by atoms with E-state index in [-0.39, 0.29) is 41.3 Å². The minimum Gasteiger partial charge on any atom is -0.371 e. The van der Waals surface area contributed by atoms with Gasteiger partial charge in [0.2, 0.25) is 17.7 Å². The number of benzene rings is 2. The number of carbonyl (C=O) groups excluding carboxylic acids is 4. The smallest absolute Gasteiger partial charge is 0.271 e. The van der Waals surface area contributed by atoms with Crippen LogP contribution >= 0.6 is 0 Å². The van der Waals surface area contributed by atoms with E-state index in [2.05, 4.69) is 48.5 Å². The Hall–Kier alpha value is -5.83. The highest BCUT2D eigenvalue weighted by Gasteiger charge is 2.38. The fraction of sp³-hybridized carbons (Fsp3) is 0.477. The van der Waals surface area contributed by atoms with Gasteiger partial charge in [-0.05, 0) is 111 Å². The Kier molecular flexibility index (Phi) is 10.5. The Bertz CT molecular complexity index is 2330. The van der Waals surface area contributed by atoms with E-state index in [9.17, 15) is 24.0 Å². The summed E-state index contributed by atoms with van der Waals surface area (Å²) in [6, 6.07) is 15.5. The Balaban J connectivity index is 0.763. The lowest BCUT2D eigenvalue weighted by Crippen LogP contribution is -2.52. The van der Waals surface area contributed by atoms with E-state index in [0.717, 1.165) is 101 Å². The molecule has 0 saturated carbocycles. The van der Waals surface area contributed by atoms with Crippen LogP contribution in [0.4, 0.5) is 23.0 Å². The molecule has 15 heteroatoms. The van der Waals surface area contributed by atoms with Crippen LogP contribution in [0.25, 0.3) is 10.8 Å². The van der Waals surface area contributed by atoms with Crippen LogP contribution in [0.5, 0.6) is 0 Å². The van der Waals surface area contributed by atoms with Gasteiger partial charge >= 0.3 is 0 Å². The average molecular weight is 801 g/mol. The molecule has 4 amide bonds. The van der Waals surface area contributed by atoms with Crippen molar-refractivity contribution in [2.45, 2.75) is 56.9 Å². The number of carbonyl (C=O) groups is 4. The van der Waals surface area contributed by atoms with Crippen LogP contribution in [-0.2, 0) is 14.4 Å². The van der Waals surface area contributed by atoms with Gasteiger partial charge in [-0.15, -0.1) is 0 Å². The summed E-state index contributed by atoms with van der Waals surface area (Å²) in [7, 11) is 1.88. The molecule has 5 aliphatic heterocycles. The average Bonchev–Trinajstić information content (AvgIpc) is 3.56. The van der Waals surface area contributed by atoms with Crippen molar-refractivity contribution in [1.29, 1.82) is 0 Å². The first kappa shape index (κ1) is 38.7. The topological polar surface area (TPSA) is 179 Å². The van der Waals surface area contributed by atoms with Crippen molar-refractivity contribution in [3.8, 4) is 0 Å². The summed E-state index contributed by atoms with van der Waals surface area (Å²) < 4.78 is 1.45. The zero-order valence-corrected chi connectivity index (χ0v) is 33.5. The molecule has 0 spiro atoms. The fourth-order valence-corrected chi connectivity index (χ4v) is 9.96. The number of likely N-dealkylation sites (tertiary alicyclic amines) is 2. The van der Waals surface area contributed by atoms with E-state index in [4.69, 9.17) is 10.7 Å². The van der Waals surface area contributed by atoms with Gasteiger partial charge in [0.1, 0.15) is 11.9 Å². The normalized spacial score (nSPS) is 23.4. The summed E-state index contributed by atoms with van der Waals surface area (Å²) in [5.74, 6) is 1.24. The maximum absolute atomic E-state index is 13.3. The van der Waals surface area contributed by atoms with Gasteiger partial charge in [-0.25, -0.2) is 9.97 Å². The Labute approximate surface area is 342 Å². The van der Waals surface area contributed by atoms with Gasteiger partial charge in [0, 0.05) is 87.5 Å². The van der Waals surface area contributed by atoms with Crippen LogP contribution in [0, 0.1) is 17.8 Å². The standard InChI is InChI=1S/C44H52N10O5/c1-50-17-15-35(43(50)58)31-3-2-16-52(26-31)37-22-46-39(40(45)56)41(48-37)47-32-6-4-28(5-7-32)29-12-18-51(19-13-29)23-27-24-53(25-27)33-8-9-34-30(21-33)14-20-54(44(34)59)36-10-11-38(55)49-42(36)57/h4-9,14,20-22,27,29,31,35-36H,2-3,10-13,15-19,23-26H2,1H3,(H2,45,56)(H,47,48)(H,49,55,57)/t31-,35?,36?/m1/s1. The highest BCUT2D eigenvalue weighted by molar-refractivity contribution is 5.99. The molecular weight excluding hydrogens is 749 g/mol. The summed E-state index contributed by atoms with van der Waals surface area (Å²) in [4.78, 5) is 80.6. The Morgan fingerprint density at radius 3 is 2.42 bits per heavy atom. The molecule has 0 bridgehead atoms. The van der Waals surface area contributed by atoms with Crippen molar-refractivity contribution < 1.29 is 19.2 Å². The fourth-order valence-electron chi connectivity index (χ4n) is 9.96. The van der Waals surface area contributed by atoms with Gasteiger partial charge in [-0.1, -0.05) is 12.1 Å². The van der Waals surface area contributed by atoms with Crippen LogP contribution < -0.4 is 31.7 Å². The van der Waals surface area contributed by atoms with E-state index in [1.54, 1.807) is 12.4 Å². The van der Waals surface area contributed by atoms with Crippen LogP contribution in [0.2, 0.25) is 0 Å². The highest BCUT2D eigenvalue weighted by Crippen LogP contribution is 2.35. The van der Waals surface area contributed by atoms with Gasteiger partial charge in [0.15, 0.2) is 11.5 Å². The number of primary amides is 1. The molecule has 0 aliphatic carbocycles. The minimum absolute atomic E-state index is 0.0457. The molecule has 4 N–H and O–H groups in total. The molecule has 2 unspecified atom stereocenters. The van der Waals surface area contributed by atoms with E-state index in [0.29, 0.717) is 35.3 Å². The van der Waals surface area contributed by atoms with Crippen molar-refractivity contribution in [2.75, 3.05) is 74.5 Å². The number of nitrogens with zero attached hydrogens (tertiary/aromatic N) is 7. The third-order valence-electron chi connectivity index (χ3n) is 13.3. The predicted octanol–water partition coefficient (Wildman–Crippen LogP) is 3.62. The number of rotatable bonds is 10. The summed E-state index contributed by atoms with van der Waals surface area (Å²) >= 11 is 0. The predicted molar refractivity (Wildman–Crippen MR) is 225 cm³/mol. The number of aromatic nitrogens is 3. The van der Waals surface area contributed by atoms with E-state index >= 15 is 0 Å². The first-order chi connectivity index (χ1) is 28.6. The zero-order chi connectivity index (χ0) is 40.8. The molecule has 15 nitrogen and oxygen atoms in total. The third-order valence-corrected chi connectivity index (χ3v) is 13.3. The molecule has 59 heavy (non-hydrogen) atoms. The molecule has 2 aromatic heterocycles. The maximum Gasteiger partial charge on any atom is 0.271 e. The van der Waals surface area contributed by atoms with Gasteiger partial charge in [-0.2, -0.15) is 0 Å². The number of hydrogen-bond donors (Lipinski definition) is 3. The summed E-state index contributed by atoms with van der Waals surface area (Å²) in [5, 5.41) is 7.07. The molecule has 5 fully saturated rings. The first-order valence-corrected chi connectivity index (χ1v) is 21.1. The molecular formula is C44H52N10O5. The molecule has 308 valence electrons. The number of imide groups is 1. The number of anilines is 4. The molecule has 5 aliphatic rings. The molecule has 2 aromatic carbocycles. The van der Waals surface area contributed by atoms with E-state index < -0.39 is 17.9 Å². The quantitative estimate of drug-likeness (QED) is 0.200. The second-order valence-electron chi connectivity index (χ2n) is 17.2. The van der Waals surface area contributed by atoms with Crippen LogP contribution in [0.15, 0.2) is 65.7 Å². The lowest BCUT2D eigenvalue weighted by Gasteiger charge is -2.44. The lowest BCUT2D eigenvalue weighted by atomic mass is 9.84. The molecule has 7 heterocycles. The Morgan fingerprint density at radius 1 is 0.898 bits per heavy atom. The third kappa shape index (κ3) is 7.87. The number of nitrogens with one attached hydrogen (secondary N) is 2. The highest BCUT2D eigenvalue weighted by atomic mass is 16.2. The van der Waals surface area contributed by atoms with E-state index in [1.165, 1.54) is 10.1 Å². The van der Waals surface area contributed by atoms with Crippen molar-refractivity contribution in [3.05, 3.63) is 82.5 Å². The molecule has 4 aromatic rings. The molecule has 0 radical (unpaired) electrons. The molecule has 3 atom stereocenters. The molecule has 9 rings (SSSR count). The number of hydrogen-bond acceptors (Lipinski definition) is 11. The van der Waals surface area contributed by atoms with Crippen LogP contribution in [0.1, 0.15) is 73.0 Å². The van der Waals surface area contributed by atoms with Crippen molar-refractivity contribution in [1.82, 2.24) is 29.7 Å². The van der Waals surface area contributed by atoms with Gasteiger partial charge < -0.3 is 35.2 Å². The summed E-state index contributed by atoms with van der Waals surface area (Å²) in [6.45, 7) is 7.45. The van der Waals surface area contributed by atoms with Crippen molar-refractivity contribution in [2.24, 2.45) is 23.5 Å². The van der Waals surface area contributed by atoms with Crippen LogP contribution in [-0.4, -0.2) is 107 Å². The molecule has 5 saturated heterocycles. The first-order valence-electron chi connectivity index (χ1n) is 21.1. The summed E-state index contributed by atoms with van der Waals surface area (Å²) in [5.41, 5.74) is 8.80. The van der Waals surface area contributed by atoms with Gasteiger partial charge in [0.25, 0.3) is 11.5 Å². The number of fused-ring (bicyclic) bond motifs is 1. The van der Waals surface area contributed by atoms with Crippen LogP contribution in [0.3, 0.4) is 0 Å². The largest absolute Gasteiger partial charge is 0.371 e. The number of amides is 4. The SMILES string of the molecule is CN1CCC([C@@H]2CCCN(c3cnc(C(N)=O)c(Nc4ccc(C5CCN(CC6CN(c7ccc8c(=O)n(C9CCC(=O)NC9=O)ccc8c7)C6)CC5)cc4)n3)C2)C1=O. The van der Waals surface area contributed by atoms with Gasteiger partial charge in [0.05, 0.1) is 6.20 Å². The van der Waals surface area contributed by atoms with Gasteiger partial charge in [-0.3, -0.25) is 29.3 Å². The Morgan fingerprint density at radius 2 is 1.69 bits per heavy atom. The number of piperidine rings is 3.